The number of carbonyl (C=O) groups is 2. The van der Waals surface area contributed by atoms with Gasteiger partial charge in [0.1, 0.15) is 23.9 Å². The first-order valence-corrected chi connectivity index (χ1v) is 23.7. The summed E-state index contributed by atoms with van der Waals surface area (Å²) in [6, 6.07) is -1.20. The monoisotopic (exact) mass is 887 g/mol. The van der Waals surface area contributed by atoms with Gasteiger partial charge >= 0.3 is 5.97 Å². The van der Waals surface area contributed by atoms with Gasteiger partial charge in [-0.3, -0.25) is 9.59 Å². The van der Waals surface area contributed by atoms with E-state index in [-0.39, 0.29) is 31.1 Å². The molecule has 0 radical (unpaired) electrons. The fourth-order valence-electron chi connectivity index (χ4n) is 8.85. The predicted octanol–water partition coefficient (Wildman–Crippen LogP) is 7.34. The van der Waals surface area contributed by atoms with Crippen molar-refractivity contribution in [2.75, 3.05) is 20.6 Å². The number of aliphatic hydroxyl groups excluding tert-OH is 3. The fourth-order valence-corrected chi connectivity index (χ4v) is 8.85. The van der Waals surface area contributed by atoms with Crippen LogP contribution in [0.15, 0.2) is 66.5 Å². The summed E-state index contributed by atoms with van der Waals surface area (Å²) in [6.45, 7) is 16.1. The lowest BCUT2D eigenvalue weighted by Crippen LogP contribution is -2.60. The highest BCUT2D eigenvalue weighted by atomic mass is 16.7. The quantitative estimate of drug-likeness (QED) is 0.0404. The zero-order valence-electron chi connectivity index (χ0n) is 40.6. The zero-order chi connectivity index (χ0) is 47.3. The molecule has 2 fully saturated rings. The lowest BCUT2D eigenvalue weighted by molar-refractivity contribution is -0.299. The Kier molecular flexibility index (Phi) is 25.2. The number of aliphatic hydroxyl groups is 5. The van der Waals surface area contributed by atoms with Crippen molar-refractivity contribution in [3.8, 4) is 0 Å². The number of likely N-dealkylation sites (N-methyl/N-ethyl adjacent to an activating group) is 2. The second kappa shape index (κ2) is 28.2. The molecule has 12 heteroatoms. The Morgan fingerprint density at radius 1 is 0.889 bits per heavy atom. The minimum atomic E-state index is -1.79. The molecule has 12 nitrogen and oxygen atoms in total. The molecule has 0 spiro atoms. The molecule has 0 aromatic carbocycles. The number of carbonyl (C=O) groups excluding carboxylic acids is 2. The molecule has 1 unspecified atom stereocenters. The predicted molar refractivity (Wildman–Crippen MR) is 250 cm³/mol. The van der Waals surface area contributed by atoms with Crippen molar-refractivity contribution in [1.82, 2.24) is 9.80 Å². The highest BCUT2D eigenvalue weighted by Crippen LogP contribution is 2.37. The molecule has 2 rings (SSSR count). The molecule has 0 aromatic rings. The van der Waals surface area contributed by atoms with Crippen molar-refractivity contribution in [2.45, 2.75) is 206 Å². The van der Waals surface area contributed by atoms with Crippen LogP contribution in [0, 0.1) is 17.8 Å². The molecule has 0 bridgehead atoms. The van der Waals surface area contributed by atoms with Crippen LogP contribution < -0.4 is 0 Å². The zero-order valence-corrected chi connectivity index (χ0v) is 40.6. The molecule has 0 saturated carbocycles. The van der Waals surface area contributed by atoms with Crippen LogP contribution in [0.3, 0.4) is 0 Å². The Morgan fingerprint density at radius 2 is 1.48 bits per heavy atom. The molecular weight excluding hydrogens is 801 g/mol. The largest absolute Gasteiger partial charge is 0.459 e. The number of hydrogen-bond acceptors (Lipinski definition) is 11. The Hall–Kier alpha value is -2.90. The van der Waals surface area contributed by atoms with Gasteiger partial charge in [0, 0.05) is 32.0 Å². The van der Waals surface area contributed by atoms with E-state index in [2.05, 4.69) is 61.3 Å². The molecule has 63 heavy (non-hydrogen) atoms. The third-order valence-electron chi connectivity index (χ3n) is 12.9. The molecule has 2 aliphatic heterocycles. The van der Waals surface area contributed by atoms with Crippen LogP contribution in [0.4, 0.5) is 0 Å². The number of nitrogens with zero attached hydrogens (tertiary/aromatic N) is 2. The third-order valence-corrected chi connectivity index (χ3v) is 12.9. The smallest absolute Gasteiger partial charge is 0.311 e. The molecule has 2 heterocycles. The first-order valence-electron chi connectivity index (χ1n) is 23.7. The highest BCUT2D eigenvalue weighted by Gasteiger charge is 2.50. The van der Waals surface area contributed by atoms with E-state index in [4.69, 9.17) is 14.2 Å². The normalized spacial score (nSPS) is 35.7. The summed E-state index contributed by atoms with van der Waals surface area (Å²) >= 11 is 0. The van der Waals surface area contributed by atoms with E-state index in [9.17, 15) is 35.1 Å². The van der Waals surface area contributed by atoms with E-state index in [1.807, 2.05) is 37.9 Å². The third kappa shape index (κ3) is 18.1. The van der Waals surface area contributed by atoms with Crippen molar-refractivity contribution in [1.29, 1.82) is 0 Å². The van der Waals surface area contributed by atoms with E-state index >= 15 is 0 Å². The van der Waals surface area contributed by atoms with Gasteiger partial charge in [0.2, 0.25) is 5.91 Å². The second-order valence-corrected chi connectivity index (χ2v) is 18.7. The lowest BCUT2D eigenvalue weighted by atomic mass is 9.78. The van der Waals surface area contributed by atoms with Crippen LogP contribution in [0.5, 0.6) is 0 Å². The summed E-state index contributed by atoms with van der Waals surface area (Å²) in [6.07, 6.45) is 21.9. The number of allylic oxidation sites excluding steroid dienone is 9. The maximum absolute atomic E-state index is 13.5. The molecule has 0 aliphatic carbocycles. The summed E-state index contributed by atoms with van der Waals surface area (Å²) in [5.74, 6) is -3.09. The second-order valence-electron chi connectivity index (χ2n) is 18.7. The van der Waals surface area contributed by atoms with Gasteiger partial charge in [-0.2, -0.15) is 0 Å². The Balaban J connectivity index is 2.09. The highest BCUT2D eigenvalue weighted by molar-refractivity contribution is 5.76. The molecule has 1 amide bonds. The van der Waals surface area contributed by atoms with Gasteiger partial charge in [-0.15, -0.1) is 5.73 Å². The molecule has 14 atom stereocenters. The Labute approximate surface area is 380 Å². The van der Waals surface area contributed by atoms with Gasteiger partial charge in [0.15, 0.2) is 6.29 Å². The van der Waals surface area contributed by atoms with Crippen LogP contribution in [0.25, 0.3) is 0 Å². The Bertz CT molecular complexity index is 1530. The standard InChI is InChI=1S/C51H86N2O10/c1-12-14-15-16-17-18-19-20-21-22-23-24-25-26-27-28-29-30-31-32-43(54)53(11)41-33-37(4)61-49(45(41)56)63-47-38(5)44(55)39(6)48(58)62-42(13-2)51(9,60)46(57)40(7)52(10)35-36(3)34-50(47,8)59/h14-15,17-18,20-21,23-24,28,30,36-42,44-47,49,55-57,59-60H,12-13,16,19,22,25-27,31-35H2,1-11H3/b15-14-,18-17-,21-20-,24-23-/t29?,36-,37-,38-,39-,40?,41+,42-,44+,45-,46-,47-,49+,50-,51-/m1/s1. The molecule has 360 valence electrons. The van der Waals surface area contributed by atoms with Gasteiger partial charge in [0.25, 0.3) is 0 Å². The number of ether oxygens (including phenoxy) is 3. The first kappa shape index (κ1) is 56.2. The van der Waals surface area contributed by atoms with Crippen LogP contribution in [-0.2, 0) is 23.8 Å². The van der Waals surface area contributed by atoms with E-state index in [1.54, 1.807) is 39.6 Å². The molecular formula is C51H86N2O10. The lowest BCUT2D eigenvalue weighted by Gasteiger charge is -2.47. The van der Waals surface area contributed by atoms with Crippen molar-refractivity contribution in [2.24, 2.45) is 17.8 Å². The SMILES string of the molecule is CC/C=C\C/C=C\C/C=C\C/C=C\CCCC=C=CCCC(=O)N(C)[C@H]1C[C@@H](C)O[C@@H](O[C@@H]2[C@H](C)[C@H](O)[C@@H](C)C(=O)O[C@H](CC)[C@@](C)(O)[C@H](O)C(C)N(C)C[C@H](C)C[C@@]2(C)O)[C@@H]1O. The minimum absolute atomic E-state index is 0.150. The minimum Gasteiger partial charge on any atom is -0.459 e. The van der Waals surface area contributed by atoms with Gasteiger partial charge in [-0.05, 0) is 130 Å². The van der Waals surface area contributed by atoms with Gasteiger partial charge in [-0.1, -0.05) is 76.3 Å². The average Bonchev–Trinajstić information content (AvgIpc) is 3.23. The van der Waals surface area contributed by atoms with Crippen molar-refractivity contribution >= 4 is 11.9 Å². The average molecular weight is 887 g/mol. The first-order chi connectivity index (χ1) is 29.7. The Morgan fingerprint density at radius 3 is 2.08 bits per heavy atom. The summed E-state index contributed by atoms with van der Waals surface area (Å²) < 4.78 is 18.5. The van der Waals surface area contributed by atoms with E-state index in [0.717, 1.165) is 44.9 Å². The summed E-state index contributed by atoms with van der Waals surface area (Å²) in [7, 11) is 3.48. The number of amides is 1. The molecule has 2 saturated heterocycles. The summed E-state index contributed by atoms with van der Waals surface area (Å²) in [5.41, 5.74) is -0.207. The molecule has 0 aromatic heterocycles. The number of hydrogen-bond donors (Lipinski definition) is 5. The topological polar surface area (TPSA) is 169 Å². The van der Waals surface area contributed by atoms with Crippen LogP contribution in [-0.4, -0.2) is 134 Å². The summed E-state index contributed by atoms with van der Waals surface area (Å²) in [4.78, 5) is 30.4. The van der Waals surface area contributed by atoms with Crippen LogP contribution in [0.1, 0.15) is 139 Å². The van der Waals surface area contributed by atoms with E-state index in [1.165, 1.54) is 13.8 Å². The van der Waals surface area contributed by atoms with Crippen molar-refractivity contribution < 1.29 is 49.3 Å². The van der Waals surface area contributed by atoms with Gasteiger partial charge in [-0.25, -0.2) is 0 Å². The van der Waals surface area contributed by atoms with E-state index < -0.39 is 84.0 Å². The van der Waals surface area contributed by atoms with Crippen molar-refractivity contribution in [3.05, 3.63) is 66.5 Å². The van der Waals surface area contributed by atoms with E-state index in [0.29, 0.717) is 19.4 Å². The molecule has 5 N–H and O–H groups in total. The molecule has 2 aliphatic rings. The van der Waals surface area contributed by atoms with Gasteiger partial charge < -0.3 is 49.5 Å². The number of rotatable bonds is 18. The number of esters is 1. The van der Waals surface area contributed by atoms with Crippen LogP contribution in [0.2, 0.25) is 0 Å². The maximum atomic E-state index is 13.5. The summed E-state index contributed by atoms with van der Waals surface area (Å²) in [5, 5.41) is 58.5. The van der Waals surface area contributed by atoms with Crippen molar-refractivity contribution in [3.63, 3.8) is 0 Å². The van der Waals surface area contributed by atoms with Crippen LogP contribution >= 0.6 is 0 Å². The maximum Gasteiger partial charge on any atom is 0.311 e. The fraction of sp³-hybridized carbons (Fsp3) is 0.745. The number of unbranched alkanes of at least 4 members (excludes halogenated alkanes) is 2. The van der Waals surface area contributed by atoms with Gasteiger partial charge in [0.05, 0.1) is 35.9 Å². The number of cyclic esters (lactones) is 1.